The lowest BCUT2D eigenvalue weighted by atomic mass is 9.99. The molecule has 3 N–H and O–H groups in total. The number of aromatic hydroxyl groups is 1. The van der Waals surface area contributed by atoms with Gasteiger partial charge in [-0.3, -0.25) is 0 Å². The number of hydrogen-bond donors (Lipinski definition) is 3. The van der Waals surface area contributed by atoms with Crippen molar-refractivity contribution in [1.29, 1.82) is 0 Å². The zero-order valence-corrected chi connectivity index (χ0v) is 26.6. The summed E-state index contributed by atoms with van der Waals surface area (Å²) in [5.74, 6) is 1.21. The van der Waals surface area contributed by atoms with Gasteiger partial charge in [-0.05, 0) is 99.1 Å². The van der Waals surface area contributed by atoms with Crippen LogP contribution in [-0.4, -0.2) is 50.8 Å². The van der Waals surface area contributed by atoms with Gasteiger partial charge in [0.05, 0.1) is 0 Å². The van der Waals surface area contributed by atoms with Gasteiger partial charge < -0.3 is 30.0 Å². The number of rotatable bonds is 16. The number of phenolic OH excluding ortho intramolecular Hbond substituents is 1. The number of ether oxygens (including phenoxy) is 2. The minimum absolute atomic E-state index is 0.278. The van der Waals surface area contributed by atoms with E-state index in [9.17, 15) is 5.11 Å². The van der Waals surface area contributed by atoms with Crippen LogP contribution < -0.4 is 15.4 Å². The summed E-state index contributed by atoms with van der Waals surface area (Å²) in [6.45, 7) is 9.45. The fourth-order valence-corrected chi connectivity index (χ4v) is 4.67. The van der Waals surface area contributed by atoms with Gasteiger partial charge in [0.1, 0.15) is 24.9 Å². The van der Waals surface area contributed by atoms with E-state index >= 15 is 0 Å². The molecular weight excluding hydrogens is 548 g/mol. The van der Waals surface area contributed by atoms with Crippen molar-refractivity contribution >= 4 is 6.79 Å². The summed E-state index contributed by atoms with van der Waals surface area (Å²) in [6, 6.07) is 37.5. The lowest BCUT2D eigenvalue weighted by Crippen LogP contribution is -2.48. The first kappa shape index (κ1) is 36.2. The fraction of sp³-hybridized carbons (Fsp3) is 0.342. The molecule has 2 unspecified atom stereocenters. The Hall–Kier alpha value is -3.97. The van der Waals surface area contributed by atoms with Crippen molar-refractivity contribution in [3.8, 4) is 11.5 Å². The molecule has 0 aromatic heterocycles. The van der Waals surface area contributed by atoms with E-state index in [1.165, 1.54) is 16.7 Å². The summed E-state index contributed by atoms with van der Waals surface area (Å²) in [5.41, 5.74) is 4.97. The summed E-state index contributed by atoms with van der Waals surface area (Å²) in [6.07, 6.45) is 3.99. The molecule has 0 bridgehead atoms. The Balaban J connectivity index is 0.00000104. The Kier molecular flexibility index (Phi) is 18.6. The highest BCUT2D eigenvalue weighted by Crippen LogP contribution is 2.17. The second kappa shape index (κ2) is 22.6. The Morgan fingerprint density at radius 2 is 1.34 bits per heavy atom. The number of hydrogen-bond acceptors (Lipinski definition) is 6. The molecule has 0 fully saturated rings. The SMILES string of the molecule is C=O.CC(NCCCc1ccccc1)C(Cc1ccc(OCc2ccccc2)cc1)NCCc1cccc(O)c1.CCOC. The smallest absolute Gasteiger partial charge is 0.119 e. The van der Waals surface area contributed by atoms with Gasteiger partial charge in [-0.2, -0.15) is 0 Å². The second-order valence-corrected chi connectivity index (χ2v) is 10.5. The van der Waals surface area contributed by atoms with E-state index in [0.29, 0.717) is 18.4 Å². The van der Waals surface area contributed by atoms with Crippen molar-refractivity contribution in [3.63, 3.8) is 0 Å². The number of nitrogens with one attached hydrogen (secondary N) is 2. The first-order valence-electron chi connectivity index (χ1n) is 15.4. The quantitative estimate of drug-likeness (QED) is 0.123. The minimum Gasteiger partial charge on any atom is -0.508 e. The van der Waals surface area contributed by atoms with Crippen LogP contribution >= 0.6 is 0 Å². The van der Waals surface area contributed by atoms with E-state index in [-0.39, 0.29) is 6.04 Å². The van der Waals surface area contributed by atoms with Crippen LogP contribution in [0.3, 0.4) is 0 Å². The molecule has 0 amide bonds. The monoisotopic (exact) mass is 598 g/mol. The molecule has 0 heterocycles. The second-order valence-electron chi connectivity index (χ2n) is 10.5. The lowest BCUT2D eigenvalue weighted by Gasteiger charge is -2.27. The first-order valence-corrected chi connectivity index (χ1v) is 15.4. The van der Waals surface area contributed by atoms with Gasteiger partial charge in [0, 0.05) is 25.8 Å². The molecule has 0 saturated heterocycles. The standard InChI is InChI=1S/C34H40N2O2.C3H8O.CH2O/c1-27(35-22-9-15-28-10-4-2-5-11-28)34(36-23-21-29-14-8-16-32(37)24-29)25-30-17-19-33(20-18-30)38-26-31-12-6-3-7-13-31;1-3-4-2;1-2/h2-8,10-14,16-20,24,27,34-37H,9,15,21-23,25-26H2,1H3;3H2,1-2H3;1H2. The largest absolute Gasteiger partial charge is 0.508 e. The van der Waals surface area contributed by atoms with E-state index in [2.05, 4.69) is 95.1 Å². The molecule has 0 spiro atoms. The van der Waals surface area contributed by atoms with Gasteiger partial charge in [-0.25, -0.2) is 0 Å². The average molecular weight is 599 g/mol. The van der Waals surface area contributed by atoms with Crippen molar-refractivity contribution in [2.45, 2.75) is 58.2 Å². The van der Waals surface area contributed by atoms with E-state index in [1.54, 1.807) is 13.2 Å². The summed E-state index contributed by atoms with van der Waals surface area (Å²) < 4.78 is 10.5. The van der Waals surface area contributed by atoms with Crippen LogP contribution in [0, 0.1) is 0 Å². The molecule has 44 heavy (non-hydrogen) atoms. The molecule has 4 aromatic rings. The highest BCUT2D eigenvalue weighted by Gasteiger charge is 2.17. The van der Waals surface area contributed by atoms with Gasteiger partial charge in [-0.15, -0.1) is 0 Å². The molecule has 6 nitrogen and oxygen atoms in total. The molecule has 236 valence electrons. The van der Waals surface area contributed by atoms with Crippen molar-refractivity contribution in [1.82, 2.24) is 10.6 Å². The first-order chi connectivity index (χ1) is 21.6. The predicted octanol–water partition coefficient (Wildman–Crippen LogP) is 6.79. The minimum atomic E-state index is 0.278. The van der Waals surface area contributed by atoms with Crippen LogP contribution in [0.25, 0.3) is 0 Å². The zero-order valence-electron chi connectivity index (χ0n) is 26.6. The molecule has 6 heteroatoms. The number of carbonyl (C=O) groups is 1. The molecule has 0 aliphatic rings. The Labute approximate surface area is 264 Å². The highest BCUT2D eigenvalue weighted by molar-refractivity contribution is 5.29. The third-order valence-electron chi connectivity index (χ3n) is 7.20. The zero-order chi connectivity index (χ0) is 31.8. The molecule has 0 saturated carbocycles. The van der Waals surface area contributed by atoms with Gasteiger partial charge >= 0.3 is 0 Å². The number of carbonyl (C=O) groups excluding carboxylic acids is 1. The molecule has 2 atom stereocenters. The maximum Gasteiger partial charge on any atom is 0.119 e. The Bertz CT molecular complexity index is 1250. The maximum absolute atomic E-state index is 9.79. The summed E-state index contributed by atoms with van der Waals surface area (Å²) in [4.78, 5) is 8.00. The average Bonchev–Trinajstić information content (AvgIpc) is 3.08. The van der Waals surface area contributed by atoms with Crippen LogP contribution in [0.15, 0.2) is 109 Å². The van der Waals surface area contributed by atoms with Crippen molar-refractivity contribution in [2.75, 3.05) is 26.8 Å². The third kappa shape index (κ3) is 15.0. The van der Waals surface area contributed by atoms with E-state index in [1.807, 2.05) is 44.0 Å². The highest BCUT2D eigenvalue weighted by atomic mass is 16.5. The summed E-state index contributed by atoms with van der Waals surface area (Å²) in [7, 11) is 1.68. The van der Waals surface area contributed by atoms with Gasteiger partial charge in [-0.1, -0.05) is 84.9 Å². The molecular formula is C38H50N2O4. The van der Waals surface area contributed by atoms with E-state index in [4.69, 9.17) is 9.53 Å². The van der Waals surface area contributed by atoms with Crippen LogP contribution in [0.2, 0.25) is 0 Å². The van der Waals surface area contributed by atoms with Gasteiger partial charge in [0.2, 0.25) is 0 Å². The third-order valence-corrected chi connectivity index (χ3v) is 7.20. The number of phenols is 1. The lowest BCUT2D eigenvalue weighted by molar-refractivity contribution is -0.0980. The molecule has 0 radical (unpaired) electrons. The Morgan fingerprint density at radius 1 is 0.727 bits per heavy atom. The molecule has 0 aliphatic heterocycles. The van der Waals surface area contributed by atoms with Crippen LogP contribution in [0.1, 0.15) is 42.5 Å². The van der Waals surface area contributed by atoms with Crippen LogP contribution in [-0.2, 0) is 35.4 Å². The van der Waals surface area contributed by atoms with Gasteiger partial charge in [0.25, 0.3) is 0 Å². The van der Waals surface area contributed by atoms with Gasteiger partial charge in [0.15, 0.2) is 0 Å². The Morgan fingerprint density at radius 3 is 1.95 bits per heavy atom. The fourth-order valence-electron chi connectivity index (χ4n) is 4.67. The summed E-state index contributed by atoms with van der Waals surface area (Å²) >= 11 is 0. The number of benzene rings is 4. The maximum atomic E-state index is 9.79. The molecule has 0 aliphatic carbocycles. The molecule has 4 rings (SSSR count). The topological polar surface area (TPSA) is 79.8 Å². The predicted molar refractivity (Wildman–Crippen MR) is 181 cm³/mol. The van der Waals surface area contributed by atoms with Crippen LogP contribution in [0.5, 0.6) is 11.5 Å². The number of aryl methyl sites for hydroxylation is 1. The van der Waals surface area contributed by atoms with E-state index in [0.717, 1.165) is 56.7 Å². The van der Waals surface area contributed by atoms with E-state index < -0.39 is 0 Å². The summed E-state index contributed by atoms with van der Waals surface area (Å²) in [5, 5.41) is 17.3. The van der Waals surface area contributed by atoms with Crippen LogP contribution in [0.4, 0.5) is 0 Å². The molecule has 4 aromatic carbocycles. The van der Waals surface area contributed by atoms with Crippen molar-refractivity contribution in [2.24, 2.45) is 0 Å². The van der Waals surface area contributed by atoms with Crippen molar-refractivity contribution < 1.29 is 19.4 Å². The normalized spacial score (nSPS) is 11.7. The van der Waals surface area contributed by atoms with Crippen molar-refractivity contribution in [3.05, 3.63) is 131 Å². The number of methoxy groups -OCH3 is 1.